The van der Waals surface area contributed by atoms with Crippen molar-refractivity contribution < 1.29 is 27.5 Å². The molecule has 0 aromatic heterocycles. The van der Waals surface area contributed by atoms with Gasteiger partial charge in [-0.05, 0) is 74.6 Å². The number of amides is 1. The molecule has 0 saturated carbocycles. The van der Waals surface area contributed by atoms with Gasteiger partial charge in [0, 0.05) is 13.1 Å². The maximum absolute atomic E-state index is 13.1. The van der Waals surface area contributed by atoms with Gasteiger partial charge in [-0.2, -0.15) is 0 Å². The molecular formula is C24H30N2O6S. The third kappa shape index (κ3) is 5.65. The molecule has 9 heteroatoms. The lowest BCUT2D eigenvalue weighted by Crippen LogP contribution is -2.38. The van der Waals surface area contributed by atoms with E-state index < -0.39 is 16.0 Å². The molecule has 0 aliphatic carbocycles. The van der Waals surface area contributed by atoms with E-state index in [1.807, 2.05) is 0 Å². The highest BCUT2D eigenvalue weighted by Crippen LogP contribution is 2.28. The number of benzene rings is 2. The number of ether oxygens (including phenoxy) is 2. The molecule has 0 spiro atoms. The highest BCUT2D eigenvalue weighted by Gasteiger charge is 2.26. The van der Waals surface area contributed by atoms with E-state index in [4.69, 9.17) is 9.47 Å². The summed E-state index contributed by atoms with van der Waals surface area (Å²) in [7, 11) is -2.54. The van der Waals surface area contributed by atoms with Crippen LogP contribution in [0.5, 0.6) is 5.75 Å². The predicted molar refractivity (Wildman–Crippen MR) is 125 cm³/mol. The number of anilines is 1. The van der Waals surface area contributed by atoms with Gasteiger partial charge in [0.1, 0.15) is 5.75 Å². The van der Waals surface area contributed by atoms with Crippen LogP contribution in [0.4, 0.5) is 5.69 Å². The number of sulfonamides is 1. The summed E-state index contributed by atoms with van der Waals surface area (Å²) in [6.07, 6.45) is 1.82. The van der Waals surface area contributed by atoms with Gasteiger partial charge in [0.05, 0.1) is 35.4 Å². The summed E-state index contributed by atoms with van der Waals surface area (Å²) in [5.41, 5.74) is 1.45. The number of piperidine rings is 1. The Balaban J connectivity index is 1.87. The van der Waals surface area contributed by atoms with Crippen LogP contribution >= 0.6 is 0 Å². The Bertz CT molecular complexity index is 1140. The van der Waals surface area contributed by atoms with E-state index in [1.165, 1.54) is 37.4 Å². The number of hydrogen-bond acceptors (Lipinski definition) is 6. The average molecular weight is 475 g/mol. The van der Waals surface area contributed by atoms with Crippen LogP contribution in [0, 0.1) is 12.8 Å². The molecule has 1 fully saturated rings. The van der Waals surface area contributed by atoms with Crippen molar-refractivity contribution in [3.8, 4) is 5.75 Å². The maximum atomic E-state index is 13.1. The number of aryl methyl sites for hydroxylation is 1. The van der Waals surface area contributed by atoms with E-state index >= 15 is 0 Å². The minimum Gasteiger partial charge on any atom is -0.496 e. The minimum absolute atomic E-state index is 0.0501. The second-order valence-corrected chi connectivity index (χ2v) is 9.87. The van der Waals surface area contributed by atoms with Crippen LogP contribution in [0.3, 0.4) is 0 Å². The van der Waals surface area contributed by atoms with E-state index in [0.717, 1.165) is 12.8 Å². The zero-order valence-corrected chi connectivity index (χ0v) is 20.2. The van der Waals surface area contributed by atoms with Gasteiger partial charge in [-0.15, -0.1) is 0 Å². The molecule has 1 aliphatic rings. The molecule has 33 heavy (non-hydrogen) atoms. The second kappa shape index (κ2) is 10.2. The highest BCUT2D eigenvalue weighted by molar-refractivity contribution is 7.92. The predicted octanol–water partition coefficient (Wildman–Crippen LogP) is 3.85. The van der Waals surface area contributed by atoms with Crippen molar-refractivity contribution >= 4 is 27.6 Å². The van der Waals surface area contributed by atoms with Crippen molar-refractivity contribution in [2.24, 2.45) is 5.92 Å². The summed E-state index contributed by atoms with van der Waals surface area (Å²) < 4.78 is 39.1. The van der Waals surface area contributed by atoms with Crippen LogP contribution in [0.25, 0.3) is 0 Å². The molecule has 1 amide bonds. The van der Waals surface area contributed by atoms with Crippen LogP contribution in [0.1, 0.15) is 53.0 Å². The number of hydrogen-bond donors (Lipinski definition) is 1. The van der Waals surface area contributed by atoms with Gasteiger partial charge < -0.3 is 14.4 Å². The van der Waals surface area contributed by atoms with Crippen LogP contribution in [-0.2, 0) is 14.8 Å². The third-order valence-electron chi connectivity index (χ3n) is 5.76. The molecule has 3 rings (SSSR count). The van der Waals surface area contributed by atoms with E-state index in [-0.39, 0.29) is 23.0 Å². The Morgan fingerprint density at radius 2 is 1.82 bits per heavy atom. The number of carbonyl (C=O) groups is 2. The molecule has 8 nitrogen and oxygen atoms in total. The first-order valence-electron chi connectivity index (χ1n) is 10.9. The fourth-order valence-corrected chi connectivity index (χ4v) is 4.88. The van der Waals surface area contributed by atoms with E-state index in [0.29, 0.717) is 41.6 Å². The van der Waals surface area contributed by atoms with Crippen LogP contribution in [0.15, 0.2) is 41.3 Å². The number of methoxy groups -OCH3 is 1. The Kier molecular flexibility index (Phi) is 7.63. The van der Waals surface area contributed by atoms with Gasteiger partial charge in [0.2, 0.25) is 0 Å². The molecule has 1 N–H and O–H groups in total. The Hall–Kier alpha value is -3.07. The zero-order valence-electron chi connectivity index (χ0n) is 19.4. The number of likely N-dealkylation sites (tertiary alicyclic amines) is 1. The van der Waals surface area contributed by atoms with Crippen molar-refractivity contribution in [2.75, 3.05) is 31.5 Å². The Morgan fingerprint density at radius 1 is 1.12 bits per heavy atom. The summed E-state index contributed by atoms with van der Waals surface area (Å²) in [6, 6.07) is 8.83. The average Bonchev–Trinajstić information content (AvgIpc) is 2.80. The maximum Gasteiger partial charge on any atom is 0.338 e. The smallest absolute Gasteiger partial charge is 0.338 e. The van der Waals surface area contributed by atoms with E-state index in [1.54, 1.807) is 24.8 Å². The molecule has 0 atom stereocenters. The minimum atomic E-state index is -3.99. The van der Waals surface area contributed by atoms with Crippen molar-refractivity contribution in [1.29, 1.82) is 0 Å². The van der Waals surface area contributed by atoms with E-state index in [2.05, 4.69) is 11.6 Å². The van der Waals surface area contributed by atoms with Crippen molar-refractivity contribution in [1.82, 2.24) is 4.90 Å². The molecule has 2 aromatic rings. The molecule has 0 bridgehead atoms. The van der Waals surface area contributed by atoms with Gasteiger partial charge in [-0.1, -0.05) is 6.92 Å². The van der Waals surface area contributed by atoms with Crippen LogP contribution in [-0.4, -0.2) is 52.0 Å². The molecular weight excluding hydrogens is 444 g/mol. The molecule has 1 saturated heterocycles. The van der Waals surface area contributed by atoms with Crippen molar-refractivity contribution in [2.45, 2.75) is 38.5 Å². The van der Waals surface area contributed by atoms with Crippen molar-refractivity contribution in [3.05, 3.63) is 53.1 Å². The SMILES string of the molecule is CCOC(=O)c1ccc(NS(=O)(=O)c2ccc(OC)c(C(=O)N3CCC(C)CC3)c2)c(C)c1. The van der Waals surface area contributed by atoms with Gasteiger partial charge in [-0.3, -0.25) is 9.52 Å². The molecule has 178 valence electrons. The molecule has 1 aliphatic heterocycles. The van der Waals surface area contributed by atoms with Crippen LogP contribution in [0.2, 0.25) is 0 Å². The van der Waals surface area contributed by atoms with Gasteiger partial charge in [0.15, 0.2) is 0 Å². The third-order valence-corrected chi connectivity index (χ3v) is 7.13. The standard InChI is InChI=1S/C24H30N2O6S/c1-5-32-24(28)18-6-8-21(17(3)14-18)25-33(29,30)19-7-9-22(31-4)20(15-19)23(27)26-12-10-16(2)11-13-26/h6-9,14-16,25H,5,10-13H2,1-4H3. The summed E-state index contributed by atoms with van der Waals surface area (Å²) in [6.45, 7) is 7.08. The lowest BCUT2D eigenvalue weighted by atomic mass is 9.98. The number of nitrogens with one attached hydrogen (secondary N) is 1. The second-order valence-electron chi connectivity index (χ2n) is 8.19. The quantitative estimate of drug-likeness (QED) is 0.612. The monoisotopic (exact) mass is 474 g/mol. The molecule has 1 heterocycles. The first-order chi connectivity index (χ1) is 15.7. The van der Waals surface area contributed by atoms with Crippen LogP contribution < -0.4 is 9.46 Å². The van der Waals surface area contributed by atoms with Gasteiger partial charge in [0.25, 0.3) is 15.9 Å². The van der Waals surface area contributed by atoms with Gasteiger partial charge in [-0.25, -0.2) is 13.2 Å². The number of rotatable bonds is 7. The highest BCUT2D eigenvalue weighted by atomic mass is 32.2. The van der Waals surface area contributed by atoms with Crippen molar-refractivity contribution in [3.63, 3.8) is 0 Å². The lowest BCUT2D eigenvalue weighted by Gasteiger charge is -2.30. The number of nitrogens with zero attached hydrogens (tertiary/aromatic N) is 1. The first kappa shape index (κ1) is 24.6. The number of esters is 1. The fourth-order valence-electron chi connectivity index (χ4n) is 3.73. The first-order valence-corrected chi connectivity index (χ1v) is 12.4. The lowest BCUT2D eigenvalue weighted by molar-refractivity contribution is 0.0526. The Morgan fingerprint density at radius 3 is 2.42 bits per heavy atom. The molecule has 2 aromatic carbocycles. The molecule has 0 radical (unpaired) electrons. The summed E-state index contributed by atoms with van der Waals surface area (Å²) >= 11 is 0. The normalized spacial score (nSPS) is 14.6. The summed E-state index contributed by atoms with van der Waals surface area (Å²) in [4.78, 5) is 26.7. The van der Waals surface area contributed by atoms with Gasteiger partial charge >= 0.3 is 5.97 Å². The summed E-state index contributed by atoms with van der Waals surface area (Å²) in [5, 5.41) is 0. The largest absolute Gasteiger partial charge is 0.496 e. The zero-order chi connectivity index (χ0) is 24.2. The fraction of sp³-hybridized carbons (Fsp3) is 0.417. The molecule has 0 unspecified atom stereocenters. The summed E-state index contributed by atoms with van der Waals surface area (Å²) in [5.74, 6) is 0.170. The Labute approximate surface area is 194 Å². The van der Waals surface area contributed by atoms with E-state index in [9.17, 15) is 18.0 Å². The number of carbonyl (C=O) groups excluding carboxylic acids is 2. The topological polar surface area (TPSA) is 102 Å².